The lowest BCUT2D eigenvalue weighted by Crippen LogP contribution is -2.30. The van der Waals surface area contributed by atoms with Gasteiger partial charge in [-0.25, -0.2) is 4.57 Å². The molecule has 0 saturated carbocycles. The van der Waals surface area contributed by atoms with Crippen molar-refractivity contribution in [2.24, 2.45) is 0 Å². The van der Waals surface area contributed by atoms with Crippen molar-refractivity contribution in [3.05, 3.63) is 97.2 Å². The highest BCUT2D eigenvalue weighted by Crippen LogP contribution is 2.43. The minimum atomic E-state index is -4.76. The van der Waals surface area contributed by atoms with E-state index in [9.17, 15) is 28.9 Å². The zero-order chi connectivity index (χ0) is 49.9. The zero-order valence-corrected chi connectivity index (χ0v) is 43.4. The SMILES string of the molecule is CC/C=C\C/C=C\C/C=C\C/C=C\C/C=C\CCCC(=O)OC(COC(=O)CCCCCCCCCCC)COP(=O)(O)OCC(CO)OC(=O)CCCCCCC/C=C\C/C=C\C/C=C\CC. The summed E-state index contributed by atoms with van der Waals surface area (Å²) < 4.78 is 39.2. The first-order valence-electron chi connectivity index (χ1n) is 26.1. The summed E-state index contributed by atoms with van der Waals surface area (Å²) in [6.45, 7) is 4.28. The molecular formula is C56H93O11P. The number of esters is 3. The maximum absolute atomic E-state index is 12.8. The summed E-state index contributed by atoms with van der Waals surface area (Å²) in [5.74, 6) is -1.56. The lowest BCUT2D eigenvalue weighted by molar-refractivity contribution is -0.161. The normalized spacial score (nSPS) is 14.2. The molecule has 0 bridgehead atoms. The molecule has 0 heterocycles. The van der Waals surface area contributed by atoms with E-state index >= 15 is 0 Å². The molecule has 0 aliphatic carbocycles. The van der Waals surface area contributed by atoms with Gasteiger partial charge in [0.15, 0.2) is 6.10 Å². The van der Waals surface area contributed by atoms with E-state index in [1.165, 1.54) is 32.1 Å². The first-order chi connectivity index (χ1) is 33.2. The van der Waals surface area contributed by atoms with E-state index < -0.39 is 57.8 Å². The molecule has 68 heavy (non-hydrogen) atoms. The monoisotopic (exact) mass is 973 g/mol. The van der Waals surface area contributed by atoms with Gasteiger partial charge in [0.25, 0.3) is 0 Å². The van der Waals surface area contributed by atoms with Crippen LogP contribution in [0.3, 0.4) is 0 Å². The number of carbonyl (C=O) groups excluding carboxylic acids is 3. The van der Waals surface area contributed by atoms with Gasteiger partial charge in [-0.2, -0.15) is 0 Å². The van der Waals surface area contributed by atoms with Gasteiger partial charge in [0.2, 0.25) is 0 Å². The van der Waals surface area contributed by atoms with Crippen molar-refractivity contribution in [2.45, 2.75) is 213 Å². The summed E-state index contributed by atoms with van der Waals surface area (Å²) in [4.78, 5) is 48.2. The molecule has 388 valence electrons. The van der Waals surface area contributed by atoms with E-state index in [0.29, 0.717) is 25.7 Å². The molecule has 0 amide bonds. The summed E-state index contributed by atoms with van der Waals surface area (Å²) >= 11 is 0. The molecule has 12 heteroatoms. The number of phosphoric acid groups is 1. The van der Waals surface area contributed by atoms with Crippen LogP contribution in [0.15, 0.2) is 97.2 Å². The Balaban J connectivity index is 4.79. The third-order valence-corrected chi connectivity index (χ3v) is 11.5. The maximum Gasteiger partial charge on any atom is 0.472 e. The van der Waals surface area contributed by atoms with Crippen LogP contribution < -0.4 is 0 Å². The third kappa shape index (κ3) is 47.5. The van der Waals surface area contributed by atoms with Crippen LogP contribution in [-0.2, 0) is 42.2 Å². The van der Waals surface area contributed by atoms with Crippen molar-refractivity contribution in [1.82, 2.24) is 0 Å². The molecule has 0 aromatic rings. The Kier molecular flexibility index (Phi) is 47.2. The molecule has 0 rings (SSSR count). The second kappa shape index (κ2) is 49.8. The van der Waals surface area contributed by atoms with Gasteiger partial charge in [-0.05, 0) is 89.9 Å². The highest BCUT2D eigenvalue weighted by Gasteiger charge is 2.28. The Morgan fingerprint density at radius 1 is 0.426 bits per heavy atom. The Labute approximate surface area is 412 Å². The number of aliphatic hydroxyl groups excluding tert-OH is 1. The number of aliphatic hydroxyl groups is 1. The number of hydrogen-bond donors (Lipinski definition) is 2. The topological polar surface area (TPSA) is 155 Å². The number of allylic oxidation sites excluding steroid dienone is 16. The standard InChI is InChI=1S/C56H93O11P/c1-4-7-10-13-16-19-21-23-25-26-28-30-32-35-38-41-44-47-56(60)67-53(49-63-54(58)45-42-39-36-33-18-15-12-9-6-3)51-65-68(61,62)64-50-52(48-57)66-55(59)46-43-40-37-34-31-29-27-24-22-20-17-14-11-8-5-2/h7-8,10-11,16-17,19-20,23-25,27-28,30,35,38,52-53,57H,4-6,9,12-15,18,21-22,26,29,31-34,36-37,39-51H2,1-3H3,(H,61,62)/b10-7-,11-8-,19-16-,20-17-,25-23-,27-24-,30-28-,38-35-. The first kappa shape index (κ1) is 64.4. The number of ether oxygens (including phenoxy) is 3. The average molecular weight is 973 g/mol. The Morgan fingerprint density at radius 2 is 0.779 bits per heavy atom. The summed E-state index contributed by atoms with van der Waals surface area (Å²) in [5.41, 5.74) is 0. The quantitative estimate of drug-likeness (QED) is 0.0197. The second-order valence-corrected chi connectivity index (χ2v) is 18.4. The van der Waals surface area contributed by atoms with Crippen molar-refractivity contribution in [3.63, 3.8) is 0 Å². The third-order valence-electron chi connectivity index (χ3n) is 10.5. The molecule has 11 nitrogen and oxygen atoms in total. The van der Waals surface area contributed by atoms with Crippen molar-refractivity contribution >= 4 is 25.7 Å². The van der Waals surface area contributed by atoms with Gasteiger partial charge >= 0.3 is 25.7 Å². The van der Waals surface area contributed by atoms with E-state index in [1.54, 1.807) is 0 Å². The van der Waals surface area contributed by atoms with Gasteiger partial charge in [0.05, 0.1) is 19.8 Å². The maximum atomic E-state index is 12.8. The fraction of sp³-hybridized carbons (Fsp3) is 0.661. The molecule has 0 radical (unpaired) electrons. The molecule has 3 atom stereocenters. The van der Waals surface area contributed by atoms with Crippen LogP contribution in [0.5, 0.6) is 0 Å². The number of rotatable bonds is 47. The summed E-state index contributed by atoms with van der Waals surface area (Å²) in [5, 5.41) is 9.77. The molecule has 2 N–H and O–H groups in total. The molecule has 0 aliphatic rings. The lowest BCUT2D eigenvalue weighted by atomic mass is 10.1. The minimum absolute atomic E-state index is 0.0851. The van der Waals surface area contributed by atoms with E-state index in [4.69, 9.17) is 23.3 Å². The molecule has 0 spiro atoms. The second-order valence-electron chi connectivity index (χ2n) is 16.9. The van der Waals surface area contributed by atoms with Crippen LogP contribution in [0.1, 0.15) is 201 Å². The predicted octanol–water partition coefficient (Wildman–Crippen LogP) is 14.9. The summed E-state index contributed by atoms with van der Waals surface area (Å²) in [7, 11) is -4.76. The van der Waals surface area contributed by atoms with Crippen LogP contribution >= 0.6 is 7.82 Å². The highest BCUT2D eigenvalue weighted by molar-refractivity contribution is 7.47. The molecule has 0 aliphatic heterocycles. The first-order valence-corrected chi connectivity index (χ1v) is 27.6. The number of unbranched alkanes of at least 4 members (excludes halogenated alkanes) is 14. The molecule has 0 saturated heterocycles. The van der Waals surface area contributed by atoms with Crippen molar-refractivity contribution in [1.29, 1.82) is 0 Å². The molecule has 3 unspecified atom stereocenters. The van der Waals surface area contributed by atoms with Crippen molar-refractivity contribution in [3.8, 4) is 0 Å². The van der Waals surface area contributed by atoms with Crippen molar-refractivity contribution in [2.75, 3.05) is 26.4 Å². The highest BCUT2D eigenvalue weighted by atomic mass is 31.2. The Morgan fingerprint density at radius 3 is 1.24 bits per heavy atom. The van der Waals surface area contributed by atoms with E-state index in [0.717, 1.165) is 103 Å². The van der Waals surface area contributed by atoms with Gasteiger partial charge in [0.1, 0.15) is 12.7 Å². The Bertz CT molecular complexity index is 1510. The molecule has 0 aromatic carbocycles. The molecular weight excluding hydrogens is 880 g/mol. The number of carbonyl (C=O) groups is 3. The fourth-order valence-electron chi connectivity index (χ4n) is 6.58. The van der Waals surface area contributed by atoms with Crippen LogP contribution in [0.4, 0.5) is 0 Å². The van der Waals surface area contributed by atoms with E-state index in [2.05, 4.69) is 106 Å². The molecule has 0 aromatic heterocycles. The summed E-state index contributed by atoms with van der Waals surface area (Å²) in [6, 6.07) is 0. The van der Waals surface area contributed by atoms with Crippen molar-refractivity contribution < 1.29 is 52.2 Å². The van der Waals surface area contributed by atoms with Gasteiger partial charge in [-0.1, -0.05) is 189 Å². The van der Waals surface area contributed by atoms with Crippen LogP contribution in [-0.4, -0.2) is 66.5 Å². The number of phosphoric ester groups is 1. The lowest BCUT2D eigenvalue weighted by Gasteiger charge is -2.21. The minimum Gasteiger partial charge on any atom is -0.462 e. The predicted molar refractivity (Wildman–Crippen MR) is 279 cm³/mol. The van der Waals surface area contributed by atoms with Crippen LogP contribution in [0.25, 0.3) is 0 Å². The Hall–Kier alpha value is -3.60. The van der Waals surface area contributed by atoms with E-state index in [-0.39, 0.29) is 25.9 Å². The van der Waals surface area contributed by atoms with Crippen LogP contribution in [0, 0.1) is 0 Å². The van der Waals surface area contributed by atoms with Gasteiger partial charge in [-0.3, -0.25) is 23.4 Å². The van der Waals surface area contributed by atoms with Gasteiger partial charge < -0.3 is 24.2 Å². The fourth-order valence-corrected chi connectivity index (χ4v) is 7.36. The van der Waals surface area contributed by atoms with Crippen LogP contribution in [0.2, 0.25) is 0 Å². The number of hydrogen-bond acceptors (Lipinski definition) is 10. The molecule has 0 fully saturated rings. The largest absolute Gasteiger partial charge is 0.472 e. The smallest absolute Gasteiger partial charge is 0.462 e. The van der Waals surface area contributed by atoms with Gasteiger partial charge in [0, 0.05) is 19.3 Å². The van der Waals surface area contributed by atoms with E-state index in [1.807, 2.05) is 12.2 Å². The zero-order valence-electron chi connectivity index (χ0n) is 42.5. The average Bonchev–Trinajstić information content (AvgIpc) is 3.32. The van der Waals surface area contributed by atoms with Gasteiger partial charge in [-0.15, -0.1) is 0 Å². The summed E-state index contributed by atoms with van der Waals surface area (Å²) in [6.07, 6.45) is 56.8.